The molecule has 0 bridgehead atoms. The van der Waals surface area contributed by atoms with Crippen LogP contribution in [0.2, 0.25) is 0 Å². The van der Waals surface area contributed by atoms with Gasteiger partial charge in [-0.15, -0.1) is 0 Å². The van der Waals surface area contributed by atoms with Crippen molar-refractivity contribution in [2.24, 2.45) is 0 Å². The van der Waals surface area contributed by atoms with Gasteiger partial charge in [-0.1, -0.05) is 42.5 Å². The van der Waals surface area contributed by atoms with Gasteiger partial charge in [0.25, 0.3) is 5.91 Å². The molecular formula is C23H22N6O. The van der Waals surface area contributed by atoms with Crippen molar-refractivity contribution >= 4 is 17.4 Å². The van der Waals surface area contributed by atoms with E-state index in [1.165, 1.54) is 0 Å². The molecule has 1 N–H and O–H groups in total. The van der Waals surface area contributed by atoms with Crippen LogP contribution in [0.5, 0.6) is 0 Å². The molecule has 4 rings (SSSR count). The van der Waals surface area contributed by atoms with Crippen molar-refractivity contribution in [3.8, 4) is 17.5 Å². The van der Waals surface area contributed by atoms with Crippen molar-refractivity contribution in [1.29, 1.82) is 5.26 Å². The fraction of sp³-hybridized carbons (Fsp3) is 0.217. The minimum absolute atomic E-state index is 0.269. The van der Waals surface area contributed by atoms with Gasteiger partial charge in [0.05, 0.1) is 11.3 Å². The molecular weight excluding hydrogens is 376 g/mol. The molecule has 30 heavy (non-hydrogen) atoms. The predicted molar refractivity (Wildman–Crippen MR) is 116 cm³/mol. The lowest BCUT2D eigenvalue weighted by Crippen LogP contribution is -2.45. The molecule has 7 heteroatoms. The maximum atomic E-state index is 13.0. The molecule has 2 aromatic carbocycles. The van der Waals surface area contributed by atoms with Crippen LogP contribution in [0.15, 0.2) is 60.7 Å². The van der Waals surface area contributed by atoms with E-state index in [0.29, 0.717) is 17.1 Å². The Morgan fingerprint density at radius 1 is 1.00 bits per heavy atom. The number of nitrogens with zero attached hydrogens (tertiary/aromatic N) is 5. The number of hydrogen-bond acceptors (Lipinski definition) is 6. The van der Waals surface area contributed by atoms with Crippen LogP contribution < -0.4 is 10.2 Å². The number of nitrogens with one attached hydrogen (secondary N) is 1. The second-order valence-corrected chi connectivity index (χ2v) is 7.20. The summed E-state index contributed by atoms with van der Waals surface area (Å²) in [6, 6.07) is 20.4. The van der Waals surface area contributed by atoms with Crippen molar-refractivity contribution in [2.75, 3.05) is 43.4 Å². The highest BCUT2D eigenvalue weighted by molar-refractivity contribution is 6.04. The first-order valence-electron chi connectivity index (χ1n) is 9.82. The minimum Gasteiger partial charge on any atom is -0.354 e. The highest BCUT2D eigenvalue weighted by Crippen LogP contribution is 2.22. The molecule has 1 amide bonds. The molecule has 0 spiro atoms. The van der Waals surface area contributed by atoms with Crippen LogP contribution in [0.25, 0.3) is 11.4 Å². The van der Waals surface area contributed by atoms with E-state index in [0.717, 1.165) is 37.6 Å². The van der Waals surface area contributed by atoms with Crippen molar-refractivity contribution in [1.82, 2.24) is 14.9 Å². The molecule has 1 fully saturated rings. The quantitative estimate of drug-likeness (QED) is 0.727. The van der Waals surface area contributed by atoms with Crippen LogP contribution in [-0.4, -0.2) is 54.0 Å². The van der Waals surface area contributed by atoms with E-state index in [9.17, 15) is 10.1 Å². The molecule has 1 aliphatic rings. The number of aromatic nitrogens is 2. The molecule has 150 valence electrons. The summed E-state index contributed by atoms with van der Waals surface area (Å²) in [6.07, 6.45) is 0. The van der Waals surface area contributed by atoms with Crippen LogP contribution >= 0.6 is 0 Å². The fourth-order valence-electron chi connectivity index (χ4n) is 3.34. The number of para-hydroxylation sites is 1. The van der Waals surface area contributed by atoms with Gasteiger partial charge in [-0.3, -0.25) is 4.79 Å². The zero-order chi connectivity index (χ0) is 20.9. The fourth-order valence-corrected chi connectivity index (χ4v) is 3.34. The number of hydrogen-bond donors (Lipinski definition) is 1. The molecule has 3 aromatic rings. The molecule has 0 atom stereocenters. The van der Waals surface area contributed by atoms with Gasteiger partial charge in [0.2, 0.25) is 0 Å². The van der Waals surface area contributed by atoms with Gasteiger partial charge in [0, 0.05) is 37.8 Å². The largest absolute Gasteiger partial charge is 0.354 e. The monoisotopic (exact) mass is 398 g/mol. The number of amides is 1. The number of nitriles is 1. The lowest BCUT2D eigenvalue weighted by molar-refractivity contribution is 0.102. The van der Waals surface area contributed by atoms with Crippen molar-refractivity contribution in [2.45, 2.75) is 0 Å². The number of benzene rings is 2. The topological polar surface area (TPSA) is 85.1 Å². The van der Waals surface area contributed by atoms with E-state index < -0.39 is 0 Å². The Balaban J connectivity index is 1.70. The van der Waals surface area contributed by atoms with E-state index in [1.54, 1.807) is 30.3 Å². The summed E-state index contributed by atoms with van der Waals surface area (Å²) < 4.78 is 0. The van der Waals surface area contributed by atoms with Gasteiger partial charge >= 0.3 is 0 Å². The Hall–Kier alpha value is -3.76. The Bertz CT molecular complexity index is 1080. The molecule has 1 aromatic heterocycles. The Kier molecular flexibility index (Phi) is 5.68. The molecule has 1 saturated heterocycles. The third-order valence-corrected chi connectivity index (χ3v) is 5.10. The summed E-state index contributed by atoms with van der Waals surface area (Å²) >= 11 is 0. The summed E-state index contributed by atoms with van der Waals surface area (Å²) in [5.41, 5.74) is 1.99. The Labute approximate surface area is 175 Å². The zero-order valence-electron chi connectivity index (χ0n) is 16.7. The maximum Gasteiger partial charge on any atom is 0.274 e. The molecule has 0 saturated carbocycles. The standard InChI is InChI=1S/C23H22N6O/c1-28-11-13-29(14-12-28)21-15-20(25-22(27-21)17-7-3-2-4-8-17)23(30)26-19-10-6-5-9-18(19)16-24/h2-10,15H,11-14H2,1H3,(H,26,30). The molecule has 0 radical (unpaired) electrons. The summed E-state index contributed by atoms with van der Waals surface area (Å²) in [6.45, 7) is 3.53. The van der Waals surface area contributed by atoms with Crippen LogP contribution in [0, 0.1) is 11.3 Å². The van der Waals surface area contributed by atoms with E-state index in [-0.39, 0.29) is 11.6 Å². The van der Waals surface area contributed by atoms with Crippen LogP contribution in [0.1, 0.15) is 16.1 Å². The van der Waals surface area contributed by atoms with Crippen LogP contribution in [0.4, 0.5) is 11.5 Å². The van der Waals surface area contributed by atoms with E-state index in [2.05, 4.69) is 33.2 Å². The van der Waals surface area contributed by atoms with Gasteiger partial charge < -0.3 is 15.1 Å². The predicted octanol–water partition coefficient (Wildman–Crippen LogP) is 3.02. The van der Waals surface area contributed by atoms with Gasteiger partial charge in [0.1, 0.15) is 17.6 Å². The Morgan fingerprint density at radius 3 is 2.43 bits per heavy atom. The summed E-state index contributed by atoms with van der Waals surface area (Å²) in [4.78, 5) is 26.7. The first-order valence-corrected chi connectivity index (χ1v) is 9.82. The minimum atomic E-state index is -0.368. The molecule has 0 unspecified atom stereocenters. The normalized spacial score (nSPS) is 14.2. The lowest BCUT2D eigenvalue weighted by Gasteiger charge is -2.33. The molecule has 0 aliphatic carbocycles. The molecule has 7 nitrogen and oxygen atoms in total. The lowest BCUT2D eigenvalue weighted by atomic mass is 10.2. The first kappa shape index (κ1) is 19.6. The summed E-state index contributed by atoms with van der Waals surface area (Å²) in [5.74, 6) is 0.870. The van der Waals surface area contributed by atoms with Crippen molar-refractivity contribution < 1.29 is 4.79 Å². The van der Waals surface area contributed by atoms with Crippen molar-refractivity contribution in [3.63, 3.8) is 0 Å². The van der Waals surface area contributed by atoms with Gasteiger partial charge in [0.15, 0.2) is 5.82 Å². The zero-order valence-corrected chi connectivity index (χ0v) is 16.7. The van der Waals surface area contributed by atoms with Crippen molar-refractivity contribution in [3.05, 3.63) is 71.9 Å². The van der Waals surface area contributed by atoms with Crippen LogP contribution in [-0.2, 0) is 0 Å². The smallest absolute Gasteiger partial charge is 0.274 e. The number of likely N-dealkylation sites (N-methyl/N-ethyl adjacent to an activating group) is 1. The SMILES string of the molecule is CN1CCN(c2cc(C(=O)Nc3ccccc3C#N)nc(-c3ccccc3)n2)CC1. The highest BCUT2D eigenvalue weighted by atomic mass is 16.1. The van der Waals surface area contributed by atoms with E-state index in [4.69, 9.17) is 4.98 Å². The Morgan fingerprint density at radius 2 is 1.70 bits per heavy atom. The average molecular weight is 398 g/mol. The summed E-state index contributed by atoms with van der Waals surface area (Å²) in [7, 11) is 2.10. The molecule has 1 aliphatic heterocycles. The third-order valence-electron chi connectivity index (χ3n) is 5.10. The number of rotatable bonds is 4. The third kappa shape index (κ3) is 4.29. The first-order chi connectivity index (χ1) is 14.6. The van der Waals surface area contributed by atoms with Gasteiger partial charge in [-0.25, -0.2) is 9.97 Å². The van der Waals surface area contributed by atoms with Gasteiger partial charge in [-0.2, -0.15) is 5.26 Å². The van der Waals surface area contributed by atoms with E-state index in [1.807, 2.05) is 30.3 Å². The second kappa shape index (κ2) is 8.72. The number of piperazine rings is 1. The number of carbonyl (C=O) groups excluding carboxylic acids is 1. The number of anilines is 2. The summed E-state index contributed by atoms with van der Waals surface area (Å²) in [5, 5.41) is 12.1. The van der Waals surface area contributed by atoms with E-state index >= 15 is 0 Å². The number of carbonyl (C=O) groups is 1. The maximum absolute atomic E-state index is 13.0. The van der Waals surface area contributed by atoms with Crippen LogP contribution in [0.3, 0.4) is 0 Å². The molecule has 2 heterocycles. The average Bonchev–Trinajstić information content (AvgIpc) is 2.80. The van der Waals surface area contributed by atoms with Gasteiger partial charge in [-0.05, 0) is 19.2 Å². The highest BCUT2D eigenvalue weighted by Gasteiger charge is 2.20. The second-order valence-electron chi connectivity index (χ2n) is 7.20.